The molecule has 0 spiro atoms. The number of aromatic nitrogens is 2. The van der Waals surface area contributed by atoms with Gasteiger partial charge in [0.1, 0.15) is 11.2 Å². The van der Waals surface area contributed by atoms with Gasteiger partial charge in [0, 0.05) is 47.1 Å². The summed E-state index contributed by atoms with van der Waals surface area (Å²) >= 11 is 1.39. The molecule has 0 aliphatic heterocycles. The number of benzene rings is 2. The minimum absolute atomic E-state index is 0.166. The van der Waals surface area contributed by atoms with Gasteiger partial charge in [0.25, 0.3) is 5.91 Å². The predicted octanol–water partition coefficient (Wildman–Crippen LogP) is 6.70. The number of nitrogens with zero attached hydrogens (tertiary/aromatic N) is 2. The number of rotatable bonds is 9. The Kier molecular flexibility index (Phi) is 8.52. The number of aryl methyl sites for hydroxylation is 1. The lowest BCUT2D eigenvalue weighted by molar-refractivity contribution is -0.132. The first-order valence-electron chi connectivity index (χ1n) is 15.6. The van der Waals surface area contributed by atoms with Gasteiger partial charge < -0.3 is 25.6 Å². The number of carboxylic acid groups (broad SMARTS) is 1. The van der Waals surface area contributed by atoms with Crippen LogP contribution in [0.25, 0.3) is 28.4 Å². The molecule has 2 aromatic heterocycles. The van der Waals surface area contributed by atoms with Crippen LogP contribution in [0.15, 0.2) is 53.4 Å². The van der Waals surface area contributed by atoms with Gasteiger partial charge in [-0.15, -0.1) is 11.3 Å². The number of carbonyl (C=O) groups is 4. The van der Waals surface area contributed by atoms with Crippen molar-refractivity contribution in [2.45, 2.75) is 70.3 Å². The van der Waals surface area contributed by atoms with E-state index < -0.39 is 11.5 Å². The fraction of sp³-hybridized carbons (Fsp3) is 0.343. The van der Waals surface area contributed by atoms with E-state index in [4.69, 9.17) is 10.1 Å². The number of aliphatic carboxylic acids is 1. The third kappa shape index (κ3) is 6.06. The van der Waals surface area contributed by atoms with Crippen LogP contribution < -0.4 is 16.0 Å². The lowest BCUT2D eigenvalue weighted by atomic mass is 9.75. The van der Waals surface area contributed by atoms with E-state index in [1.807, 2.05) is 30.6 Å². The number of hydrogen-bond donors (Lipinski definition) is 4. The number of thiazole rings is 1. The van der Waals surface area contributed by atoms with Crippen molar-refractivity contribution in [3.63, 3.8) is 0 Å². The zero-order valence-corrected chi connectivity index (χ0v) is 26.9. The number of fused-ring (bicyclic) bond motifs is 1. The second-order valence-corrected chi connectivity index (χ2v) is 13.2. The van der Waals surface area contributed by atoms with Crippen LogP contribution in [0, 0.1) is 0 Å². The van der Waals surface area contributed by atoms with Gasteiger partial charge in [0.2, 0.25) is 11.8 Å². The van der Waals surface area contributed by atoms with E-state index in [1.54, 1.807) is 30.3 Å². The highest BCUT2D eigenvalue weighted by molar-refractivity contribution is 7.14. The molecule has 238 valence electrons. The number of hydrogen-bond acceptors (Lipinski definition) is 6. The Hall–Kier alpha value is -4.77. The largest absolute Gasteiger partial charge is 0.478 e. The highest BCUT2D eigenvalue weighted by atomic mass is 32.1. The molecule has 2 fully saturated rings. The van der Waals surface area contributed by atoms with E-state index in [0.717, 1.165) is 41.6 Å². The number of nitrogens with one attached hydrogen (secondary N) is 3. The molecule has 0 unspecified atom stereocenters. The van der Waals surface area contributed by atoms with Crippen LogP contribution in [-0.4, -0.2) is 43.9 Å². The van der Waals surface area contributed by atoms with E-state index in [2.05, 4.69) is 20.5 Å². The SMILES string of the molecule is CC(=O)Nc1nc(-c2c(C3CCCC3)c3ccc(C(=O)NC4(C(=O)Nc5ccc(/C=C(\C)C(=O)O)cc5)CCC4)cc3n2C)cs1. The van der Waals surface area contributed by atoms with Gasteiger partial charge in [0.15, 0.2) is 5.13 Å². The van der Waals surface area contributed by atoms with Crippen LogP contribution in [0.5, 0.6) is 0 Å². The van der Waals surface area contributed by atoms with Crippen molar-refractivity contribution in [3.8, 4) is 11.4 Å². The summed E-state index contributed by atoms with van der Waals surface area (Å²) in [5.41, 5.74) is 4.90. The summed E-state index contributed by atoms with van der Waals surface area (Å²) in [7, 11) is 1.99. The van der Waals surface area contributed by atoms with Crippen molar-refractivity contribution in [2.75, 3.05) is 10.6 Å². The Morgan fingerprint density at radius 2 is 1.72 bits per heavy atom. The standard InChI is InChI=1S/C35H37N5O5S/c1-20(32(43)44)17-22-9-12-25(13-10-22)37-33(45)35(15-6-16-35)39-31(42)24-11-14-26-28(18-24)40(3)30(29(26)23-7-4-5-8-23)27-19-46-34(38-27)36-21(2)41/h9-14,17-19,23H,4-8,15-16H2,1-3H3,(H,37,45)(H,39,42)(H,43,44)(H,36,38,41)/b20-17+. The molecule has 46 heavy (non-hydrogen) atoms. The van der Waals surface area contributed by atoms with Crippen molar-refractivity contribution in [1.29, 1.82) is 0 Å². The molecule has 2 saturated carbocycles. The highest BCUT2D eigenvalue weighted by Gasteiger charge is 2.45. The van der Waals surface area contributed by atoms with E-state index in [0.29, 0.717) is 40.7 Å². The smallest absolute Gasteiger partial charge is 0.331 e. The molecule has 2 aromatic carbocycles. The molecule has 2 aliphatic rings. The fourth-order valence-corrected chi connectivity index (χ4v) is 7.33. The Labute approximate surface area is 270 Å². The predicted molar refractivity (Wildman–Crippen MR) is 180 cm³/mol. The minimum atomic E-state index is -1.01. The van der Waals surface area contributed by atoms with Gasteiger partial charge in [-0.25, -0.2) is 9.78 Å². The summed E-state index contributed by atoms with van der Waals surface area (Å²) in [6.07, 6.45) is 7.98. The molecule has 2 aliphatic carbocycles. The molecule has 3 amide bonds. The van der Waals surface area contributed by atoms with Gasteiger partial charge in [0.05, 0.1) is 5.69 Å². The van der Waals surface area contributed by atoms with Crippen molar-refractivity contribution >= 4 is 62.8 Å². The van der Waals surface area contributed by atoms with Crippen LogP contribution in [-0.2, 0) is 21.4 Å². The number of carboxylic acids is 1. The number of amides is 3. The van der Waals surface area contributed by atoms with Gasteiger partial charge in [-0.3, -0.25) is 14.4 Å². The van der Waals surface area contributed by atoms with E-state index >= 15 is 0 Å². The number of carbonyl (C=O) groups excluding carboxylic acids is 3. The first-order valence-corrected chi connectivity index (χ1v) is 16.4. The first-order chi connectivity index (χ1) is 22.0. The van der Waals surface area contributed by atoms with Crippen LogP contribution in [0.4, 0.5) is 10.8 Å². The molecule has 0 saturated heterocycles. The third-order valence-corrected chi connectivity index (χ3v) is 9.94. The van der Waals surface area contributed by atoms with E-state index in [1.165, 1.54) is 43.6 Å². The molecule has 6 rings (SSSR count). The van der Waals surface area contributed by atoms with Crippen LogP contribution in [0.1, 0.15) is 86.2 Å². The molecular formula is C35H37N5O5S. The average molecular weight is 640 g/mol. The molecule has 0 bridgehead atoms. The Bertz CT molecular complexity index is 1880. The normalized spacial score (nSPS) is 16.2. The highest BCUT2D eigenvalue weighted by Crippen LogP contribution is 2.45. The lowest BCUT2D eigenvalue weighted by Gasteiger charge is -2.40. The zero-order chi connectivity index (χ0) is 32.6. The average Bonchev–Trinajstić information content (AvgIpc) is 3.75. The summed E-state index contributed by atoms with van der Waals surface area (Å²) in [6.45, 7) is 2.99. The Morgan fingerprint density at radius 1 is 1.00 bits per heavy atom. The second kappa shape index (κ2) is 12.6. The summed E-state index contributed by atoms with van der Waals surface area (Å²) in [5, 5.41) is 21.5. The second-order valence-electron chi connectivity index (χ2n) is 12.4. The van der Waals surface area contributed by atoms with Gasteiger partial charge in [-0.1, -0.05) is 31.0 Å². The summed E-state index contributed by atoms with van der Waals surface area (Å²) in [6, 6.07) is 12.7. The monoisotopic (exact) mass is 639 g/mol. The van der Waals surface area contributed by atoms with Crippen molar-refractivity contribution in [1.82, 2.24) is 14.9 Å². The molecule has 0 radical (unpaired) electrons. The van der Waals surface area contributed by atoms with Gasteiger partial charge >= 0.3 is 5.97 Å². The minimum Gasteiger partial charge on any atom is -0.478 e. The number of anilines is 2. The molecule has 2 heterocycles. The Morgan fingerprint density at radius 3 is 2.35 bits per heavy atom. The van der Waals surface area contributed by atoms with Crippen LogP contribution in [0.2, 0.25) is 0 Å². The van der Waals surface area contributed by atoms with E-state index in [-0.39, 0.29) is 23.3 Å². The maximum absolute atomic E-state index is 13.7. The molecule has 4 aromatic rings. The zero-order valence-electron chi connectivity index (χ0n) is 26.1. The van der Waals surface area contributed by atoms with Crippen molar-refractivity contribution < 1.29 is 24.3 Å². The maximum atomic E-state index is 13.7. The van der Waals surface area contributed by atoms with Crippen LogP contribution in [0.3, 0.4) is 0 Å². The first kappa shape index (κ1) is 31.2. The summed E-state index contributed by atoms with van der Waals surface area (Å²) in [5.74, 6) is -1.36. The molecule has 10 nitrogen and oxygen atoms in total. The molecular weight excluding hydrogens is 602 g/mol. The molecule has 4 N–H and O–H groups in total. The summed E-state index contributed by atoms with van der Waals surface area (Å²) < 4.78 is 2.09. The molecule has 11 heteroatoms. The van der Waals surface area contributed by atoms with E-state index in [9.17, 15) is 19.2 Å². The molecule has 0 atom stereocenters. The Balaban J connectivity index is 1.25. The quantitative estimate of drug-likeness (QED) is 0.150. The van der Waals surface area contributed by atoms with Crippen molar-refractivity contribution in [3.05, 3.63) is 70.1 Å². The third-order valence-electron chi connectivity index (χ3n) is 9.18. The van der Waals surface area contributed by atoms with Gasteiger partial charge in [-0.05, 0) is 86.4 Å². The maximum Gasteiger partial charge on any atom is 0.331 e. The van der Waals surface area contributed by atoms with Crippen LogP contribution >= 0.6 is 11.3 Å². The van der Waals surface area contributed by atoms with Crippen molar-refractivity contribution in [2.24, 2.45) is 7.05 Å². The summed E-state index contributed by atoms with van der Waals surface area (Å²) in [4.78, 5) is 54.6. The topological polar surface area (TPSA) is 142 Å². The fourth-order valence-electron chi connectivity index (χ4n) is 6.59. The van der Waals surface area contributed by atoms with Gasteiger partial charge in [-0.2, -0.15) is 0 Å². The lowest BCUT2D eigenvalue weighted by Crippen LogP contribution is -2.61.